The Balaban J connectivity index is 1.83. The minimum absolute atomic E-state index is 0.117. The Labute approximate surface area is 135 Å². The number of hydrogen-bond acceptors (Lipinski definition) is 2. The van der Waals surface area contributed by atoms with E-state index in [4.69, 9.17) is 5.11 Å². The average Bonchev–Trinajstić information content (AvgIpc) is 2.48. The number of hydrogen-bond donors (Lipinski definition) is 2. The van der Waals surface area contributed by atoms with Crippen LogP contribution in [0.2, 0.25) is 0 Å². The van der Waals surface area contributed by atoms with Crippen molar-refractivity contribution in [3.05, 3.63) is 34.3 Å². The molecule has 0 bridgehead atoms. The number of aliphatic carboxylic acids is 1. The molecule has 1 saturated carbocycles. The highest BCUT2D eigenvalue weighted by molar-refractivity contribution is 9.10. The lowest BCUT2D eigenvalue weighted by molar-refractivity contribution is -0.143. The van der Waals surface area contributed by atoms with E-state index in [0.29, 0.717) is 12.0 Å². The van der Waals surface area contributed by atoms with Gasteiger partial charge in [0.05, 0.1) is 5.92 Å². The van der Waals surface area contributed by atoms with Gasteiger partial charge in [0.1, 0.15) is 0 Å². The number of carbonyl (C=O) groups is 1. The zero-order chi connectivity index (χ0) is 15.2. The van der Waals surface area contributed by atoms with Crippen molar-refractivity contribution < 1.29 is 9.90 Å². The normalized spacial score (nSPS) is 23.7. The lowest BCUT2D eigenvalue weighted by atomic mass is 9.82. The fraction of sp³-hybridized carbons (Fsp3) is 0.588. The van der Waals surface area contributed by atoms with Crippen molar-refractivity contribution in [2.24, 2.45) is 11.8 Å². The van der Waals surface area contributed by atoms with Gasteiger partial charge in [0, 0.05) is 10.5 Å². The lowest BCUT2D eigenvalue weighted by Gasteiger charge is -2.28. The van der Waals surface area contributed by atoms with Crippen molar-refractivity contribution >= 4 is 21.9 Å². The van der Waals surface area contributed by atoms with Crippen LogP contribution in [0.4, 0.5) is 0 Å². The first-order valence-electron chi connectivity index (χ1n) is 7.81. The molecule has 1 atom stereocenters. The molecule has 1 aliphatic rings. The molecule has 1 unspecified atom stereocenters. The van der Waals surface area contributed by atoms with Crippen molar-refractivity contribution in [1.82, 2.24) is 5.32 Å². The molecular formula is C17H24BrNO2. The van der Waals surface area contributed by atoms with Gasteiger partial charge in [-0.2, -0.15) is 0 Å². The molecule has 3 nitrogen and oxygen atoms in total. The van der Waals surface area contributed by atoms with Gasteiger partial charge in [0.25, 0.3) is 0 Å². The second-order valence-electron chi connectivity index (χ2n) is 5.98. The summed E-state index contributed by atoms with van der Waals surface area (Å²) in [4.78, 5) is 11.0. The Bertz CT molecular complexity index is 470. The molecule has 1 fully saturated rings. The van der Waals surface area contributed by atoms with Crippen LogP contribution in [0, 0.1) is 11.8 Å². The maximum absolute atomic E-state index is 11.0. The van der Waals surface area contributed by atoms with Crippen LogP contribution in [-0.2, 0) is 4.79 Å². The van der Waals surface area contributed by atoms with Crippen LogP contribution in [0.5, 0.6) is 0 Å². The number of rotatable bonds is 6. The molecule has 4 heteroatoms. The van der Waals surface area contributed by atoms with Crippen LogP contribution in [0.3, 0.4) is 0 Å². The predicted molar refractivity (Wildman–Crippen MR) is 88.3 cm³/mol. The first-order chi connectivity index (χ1) is 10.1. The van der Waals surface area contributed by atoms with Crippen LogP contribution < -0.4 is 5.32 Å². The van der Waals surface area contributed by atoms with Crippen molar-refractivity contribution in [3.63, 3.8) is 0 Å². The molecule has 0 saturated heterocycles. The van der Waals surface area contributed by atoms with E-state index in [1.807, 2.05) is 6.07 Å². The van der Waals surface area contributed by atoms with E-state index in [1.54, 1.807) is 0 Å². The Hall–Kier alpha value is -0.870. The first-order valence-corrected chi connectivity index (χ1v) is 8.61. The summed E-state index contributed by atoms with van der Waals surface area (Å²) in [6.45, 7) is 3.18. The third-order valence-corrected chi connectivity index (χ3v) is 5.00. The summed E-state index contributed by atoms with van der Waals surface area (Å²) in [5, 5.41) is 12.7. The van der Waals surface area contributed by atoms with E-state index >= 15 is 0 Å². The molecule has 0 aromatic heterocycles. The van der Waals surface area contributed by atoms with Gasteiger partial charge >= 0.3 is 5.97 Å². The largest absolute Gasteiger partial charge is 0.481 e. The van der Waals surface area contributed by atoms with Crippen LogP contribution in [-0.4, -0.2) is 17.6 Å². The fourth-order valence-electron chi connectivity index (χ4n) is 3.14. The van der Waals surface area contributed by atoms with Crippen molar-refractivity contribution in [3.8, 4) is 0 Å². The second kappa shape index (κ2) is 7.95. The summed E-state index contributed by atoms with van der Waals surface area (Å²) in [6.07, 6.45) is 4.77. The molecule has 1 aromatic rings. The topological polar surface area (TPSA) is 49.3 Å². The Morgan fingerprint density at radius 3 is 2.67 bits per heavy atom. The molecule has 2 rings (SSSR count). The van der Waals surface area contributed by atoms with Crippen LogP contribution in [0.1, 0.15) is 50.6 Å². The molecule has 0 aliphatic heterocycles. The van der Waals surface area contributed by atoms with Crippen molar-refractivity contribution in [2.75, 3.05) is 6.54 Å². The third-order valence-electron chi connectivity index (χ3n) is 4.51. The summed E-state index contributed by atoms with van der Waals surface area (Å²) >= 11 is 3.52. The quantitative estimate of drug-likeness (QED) is 0.797. The molecule has 2 N–H and O–H groups in total. The molecule has 21 heavy (non-hydrogen) atoms. The first kappa shape index (κ1) is 16.5. The van der Waals surface area contributed by atoms with Gasteiger partial charge in [-0.3, -0.25) is 4.79 Å². The van der Waals surface area contributed by atoms with Gasteiger partial charge in [-0.15, -0.1) is 0 Å². The highest BCUT2D eigenvalue weighted by atomic mass is 79.9. The lowest BCUT2D eigenvalue weighted by Crippen LogP contribution is -2.31. The molecule has 0 amide bonds. The summed E-state index contributed by atoms with van der Waals surface area (Å²) in [5.41, 5.74) is 1.31. The van der Waals surface area contributed by atoms with Gasteiger partial charge in [-0.1, -0.05) is 35.0 Å². The number of nitrogens with one attached hydrogen (secondary N) is 1. The van der Waals surface area contributed by atoms with E-state index in [0.717, 1.165) is 43.1 Å². The van der Waals surface area contributed by atoms with Gasteiger partial charge in [0.15, 0.2) is 0 Å². The predicted octanol–water partition coefficient (Wildman–Crippen LogP) is 4.38. The maximum Gasteiger partial charge on any atom is 0.306 e. The number of halogens is 1. The monoisotopic (exact) mass is 353 g/mol. The minimum Gasteiger partial charge on any atom is -0.481 e. The maximum atomic E-state index is 11.0. The zero-order valence-corrected chi connectivity index (χ0v) is 14.1. The molecule has 116 valence electrons. The van der Waals surface area contributed by atoms with E-state index in [9.17, 15) is 4.79 Å². The van der Waals surface area contributed by atoms with Gasteiger partial charge in [-0.25, -0.2) is 0 Å². The number of benzene rings is 1. The summed E-state index contributed by atoms with van der Waals surface area (Å²) < 4.78 is 1.11. The van der Waals surface area contributed by atoms with E-state index in [2.05, 4.69) is 46.4 Å². The molecular weight excluding hydrogens is 330 g/mol. The molecule has 0 heterocycles. The Morgan fingerprint density at radius 2 is 2.10 bits per heavy atom. The molecule has 1 aromatic carbocycles. The Morgan fingerprint density at radius 1 is 1.38 bits per heavy atom. The summed E-state index contributed by atoms with van der Waals surface area (Å²) in [7, 11) is 0. The number of carboxylic acid groups (broad SMARTS) is 1. The van der Waals surface area contributed by atoms with Crippen molar-refractivity contribution in [2.45, 2.75) is 45.1 Å². The van der Waals surface area contributed by atoms with E-state index in [-0.39, 0.29) is 5.92 Å². The highest BCUT2D eigenvalue weighted by Crippen LogP contribution is 2.29. The Kier molecular flexibility index (Phi) is 6.24. The van der Waals surface area contributed by atoms with Crippen LogP contribution in [0.25, 0.3) is 0 Å². The average molecular weight is 354 g/mol. The third kappa shape index (κ3) is 4.82. The van der Waals surface area contributed by atoms with Crippen LogP contribution >= 0.6 is 15.9 Å². The minimum atomic E-state index is -0.623. The highest BCUT2D eigenvalue weighted by Gasteiger charge is 2.26. The van der Waals surface area contributed by atoms with E-state index < -0.39 is 5.97 Å². The summed E-state index contributed by atoms with van der Waals surface area (Å²) in [6, 6.07) is 8.82. The van der Waals surface area contributed by atoms with Crippen molar-refractivity contribution in [1.29, 1.82) is 0 Å². The van der Waals surface area contributed by atoms with Crippen LogP contribution in [0.15, 0.2) is 28.7 Å². The van der Waals surface area contributed by atoms with Gasteiger partial charge in [-0.05, 0) is 62.3 Å². The SMILES string of the molecule is CCC(NCC1CCC(C(=O)O)CC1)c1cccc(Br)c1. The standard InChI is InChI=1S/C17H24BrNO2/c1-2-16(14-4-3-5-15(18)10-14)19-11-12-6-8-13(9-7-12)17(20)21/h3-5,10,12-13,16,19H,2,6-9,11H2,1H3,(H,20,21). The fourth-order valence-corrected chi connectivity index (χ4v) is 3.56. The smallest absolute Gasteiger partial charge is 0.306 e. The van der Waals surface area contributed by atoms with Gasteiger partial charge in [0.2, 0.25) is 0 Å². The number of carboxylic acids is 1. The second-order valence-corrected chi connectivity index (χ2v) is 6.90. The molecule has 1 aliphatic carbocycles. The zero-order valence-electron chi connectivity index (χ0n) is 12.5. The molecule has 0 spiro atoms. The molecule has 0 radical (unpaired) electrons. The van der Waals surface area contributed by atoms with Gasteiger partial charge < -0.3 is 10.4 Å². The summed E-state index contributed by atoms with van der Waals surface area (Å²) in [5.74, 6) is -0.128. The van der Waals surface area contributed by atoms with E-state index in [1.165, 1.54) is 5.56 Å².